The van der Waals surface area contributed by atoms with Crippen molar-refractivity contribution in [2.24, 2.45) is 5.92 Å². The van der Waals surface area contributed by atoms with Crippen molar-refractivity contribution in [1.29, 1.82) is 5.26 Å². The molecule has 2 aromatic carbocycles. The third-order valence-electron chi connectivity index (χ3n) is 5.66. The zero-order valence-electron chi connectivity index (χ0n) is 20.2. The van der Waals surface area contributed by atoms with Gasteiger partial charge in [-0.3, -0.25) is 4.79 Å². The van der Waals surface area contributed by atoms with Crippen molar-refractivity contribution in [3.8, 4) is 17.4 Å². The van der Waals surface area contributed by atoms with Gasteiger partial charge in [0, 0.05) is 43.6 Å². The third-order valence-corrected chi connectivity index (χ3v) is 5.66. The number of nitrogens with zero attached hydrogens (tertiary/aromatic N) is 2. The highest BCUT2D eigenvalue weighted by Gasteiger charge is 2.13. The van der Waals surface area contributed by atoms with Gasteiger partial charge < -0.3 is 19.7 Å². The summed E-state index contributed by atoms with van der Waals surface area (Å²) in [5.74, 6) is 0.538. The predicted octanol–water partition coefficient (Wildman–Crippen LogP) is 5.38. The molecule has 0 aliphatic carbocycles. The van der Waals surface area contributed by atoms with Crippen LogP contribution in [0.5, 0.6) is 0 Å². The maximum Gasteiger partial charge on any atom is 0.262 e. The average Bonchev–Trinajstić information content (AvgIpc) is 3.33. The second kappa shape index (κ2) is 12.1. The molecule has 0 saturated carbocycles. The molecule has 1 amide bonds. The first-order valence-corrected chi connectivity index (χ1v) is 11.9. The number of carbonyl (C=O) groups is 1. The normalized spacial score (nSPS) is 12.4. The summed E-state index contributed by atoms with van der Waals surface area (Å²) in [6.45, 7) is 8.57. The molecule has 0 radical (unpaired) electrons. The highest BCUT2D eigenvalue weighted by Crippen LogP contribution is 2.29. The van der Waals surface area contributed by atoms with E-state index >= 15 is 0 Å². The van der Waals surface area contributed by atoms with Gasteiger partial charge in [-0.25, -0.2) is 0 Å². The Morgan fingerprint density at radius 3 is 2.50 bits per heavy atom. The van der Waals surface area contributed by atoms with Crippen molar-refractivity contribution in [3.05, 3.63) is 59.9 Å². The molecule has 0 spiro atoms. The maximum absolute atomic E-state index is 12.3. The summed E-state index contributed by atoms with van der Waals surface area (Å²) >= 11 is 0. The number of aliphatic hydroxyl groups is 1. The largest absolute Gasteiger partial charge is 0.457 e. The van der Waals surface area contributed by atoms with Crippen molar-refractivity contribution >= 4 is 28.4 Å². The molecular formula is C28H33N3O3. The van der Waals surface area contributed by atoms with E-state index in [4.69, 9.17) is 9.52 Å². The minimum absolute atomic E-state index is 0.0315. The molecule has 1 unspecified atom stereocenters. The van der Waals surface area contributed by atoms with Gasteiger partial charge in [0.15, 0.2) is 0 Å². The van der Waals surface area contributed by atoms with Crippen LogP contribution < -0.4 is 10.2 Å². The molecule has 1 atom stereocenters. The smallest absolute Gasteiger partial charge is 0.262 e. The molecule has 0 fully saturated rings. The Morgan fingerprint density at radius 1 is 1.12 bits per heavy atom. The summed E-state index contributed by atoms with van der Waals surface area (Å²) in [5, 5.41) is 23.4. The lowest BCUT2D eigenvalue weighted by Crippen LogP contribution is -2.30. The maximum atomic E-state index is 12.3. The molecule has 0 aliphatic rings. The molecular weight excluding hydrogens is 426 g/mol. The van der Waals surface area contributed by atoms with Crippen LogP contribution in [-0.4, -0.2) is 37.3 Å². The first kappa shape index (κ1) is 25.1. The summed E-state index contributed by atoms with van der Waals surface area (Å²) < 4.78 is 5.92. The first-order chi connectivity index (χ1) is 16.5. The van der Waals surface area contributed by atoms with E-state index in [-0.39, 0.29) is 18.1 Å². The van der Waals surface area contributed by atoms with E-state index in [2.05, 4.69) is 54.4 Å². The second-order valence-electron chi connectivity index (χ2n) is 8.60. The van der Waals surface area contributed by atoms with E-state index in [0.29, 0.717) is 18.1 Å². The third kappa shape index (κ3) is 6.27. The predicted molar refractivity (Wildman–Crippen MR) is 137 cm³/mol. The number of nitriles is 1. The number of rotatable bonds is 11. The van der Waals surface area contributed by atoms with Crippen molar-refractivity contribution in [2.75, 3.05) is 31.1 Å². The number of nitrogens with one attached hydrogen (secondary N) is 1. The molecule has 3 rings (SSSR count). The number of aliphatic hydroxyl groups excluding tert-OH is 1. The summed E-state index contributed by atoms with van der Waals surface area (Å²) in [5.41, 5.74) is 2.13. The zero-order chi connectivity index (χ0) is 24.5. The quantitative estimate of drug-likeness (QED) is 0.297. The number of carbonyl (C=O) groups excluding carboxylic acids is 1. The van der Waals surface area contributed by atoms with E-state index < -0.39 is 5.91 Å². The van der Waals surface area contributed by atoms with Crippen LogP contribution in [0.4, 0.5) is 5.69 Å². The van der Waals surface area contributed by atoms with Gasteiger partial charge >= 0.3 is 0 Å². The summed E-state index contributed by atoms with van der Waals surface area (Å²) in [6, 6.07) is 18.3. The second-order valence-corrected chi connectivity index (χ2v) is 8.60. The summed E-state index contributed by atoms with van der Waals surface area (Å²) in [7, 11) is 0. The number of furan rings is 1. The van der Waals surface area contributed by atoms with E-state index in [1.807, 2.05) is 25.1 Å². The Morgan fingerprint density at radius 2 is 1.82 bits per heavy atom. The van der Waals surface area contributed by atoms with Crippen LogP contribution in [0.2, 0.25) is 0 Å². The molecule has 0 aliphatic heterocycles. The fraction of sp³-hybridized carbons (Fsp3) is 0.357. The van der Waals surface area contributed by atoms with Gasteiger partial charge in [-0.1, -0.05) is 39.0 Å². The van der Waals surface area contributed by atoms with E-state index in [0.717, 1.165) is 36.9 Å². The van der Waals surface area contributed by atoms with Gasteiger partial charge in [0.1, 0.15) is 23.2 Å². The molecule has 0 saturated heterocycles. The van der Waals surface area contributed by atoms with E-state index in [1.54, 1.807) is 6.07 Å². The first-order valence-electron chi connectivity index (χ1n) is 11.9. The van der Waals surface area contributed by atoms with Gasteiger partial charge in [-0.2, -0.15) is 5.26 Å². The van der Waals surface area contributed by atoms with Gasteiger partial charge in [-0.15, -0.1) is 0 Å². The van der Waals surface area contributed by atoms with Crippen molar-refractivity contribution in [2.45, 2.75) is 33.6 Å². The number of amides is 1. The minimum Gasteiger partial charge on any atom is -0.457 e. The SMILES string of the molecule is CCCN(CCC)c1ccc2cc(-c3ccc(/C=C(\C#N)C(=O)NCC(C)CO)o3)ccc2c1. The van der Waals surface area contributed by atoms with Crippen LogP contribution in [-0.2, 0) is 4.79 Å². The van der Waals surface area contributed by atoms with Crippen LogP contribution in [0.3, 0.4) is 0 Å². The molecule has 6 nitrogen and oxygen atoms in total. The van der Waals surface area contributed by atoms with Crippen molar-refractivity contribution < 1.29 is 14.3 Å². The lowest BCUT2D eigenvalue weighted by molar-refractivity contribution is -0.117. The topological polar surface area (TPSA) is 89.5 Å². The van der Waals surface area contributed by atoms with Crippen LogP contribution >= 0.6 is 0 Å². The molecule has 0 bridgehead atoms. The van der Waals surface area contributed by atoms with Crippen LogP contribution in [0.15, 0.2) is 58.5 Å². The molecule has 6 heteroatoms. The summed E-state index contributed by atoms with van der Waals surface area (Å²) in [6.07, 6.45) is 3.66. The molecule has 178 valence electrons. The number of benzene rings is 2. The van der Waals surface area contributed by atoms with E-state index in [9.17, 15) is 10.1 Å². The fourth-order valence-corrected chi connectivity index (χ4v) is 3.80. The monoisotopic (exact) mass is 459 g/mol. The highest BCUT2D eigenvalue weighted by molar-refractivity contribution is 6.01. The van der Waals surface area contributed by atoms with Crippen molar-refractivity contribution in [3.63, 3.8) is 0 Å². The lowest BCUT2D eigenvalue weighted by Gasteiger charge is -2.24. The Hall–Kier alpha value is -3.56. The number of hydrogen-bond donors (Lipinski definition) is 2. The van der Waals surface area contributed by atoms with Gasteiger partial charge in [0.2, 0.25) is 0 Å². The van der Waals surface area contributed by atoms with Crippen LogP contribution in [0, 0.1) is 17.2 Å². The average molecular weight is 460 g/mol. The zero-order valence-corrected chi connectivity index (χ0v) is 20.2. The fourth-order valence-electron chi connectivity index (χ4n) is 3.80. The number of hydrogen-bond acceptors (Lipinski definition) is 5. The van der Waals surface area contributed by atoms with Gasteiger partial charge in [-0.05, 0) is 59.9 Å². The molecule has 3 aromatic rings. The highest BCUT2D eigenvalue weighted by atomic mass is 16.3. The van der Waals surface area contributed by atoms with Crippen LogP contribution in [0.1, 0.15) is 39.4 Å². The van der Waals surface area contributed by atoms with Crippen LogP contribution in [0.25, 0.3) is 28.2 Å². The van der Waals surface area contributed by atoms with Gasteiger partial charge in [0.25, 0.3) is 5.91 Å². The van der Waals surface area contributed by atoms with Gasteiger partial charge in [0.05, 0.1) is 0 Å². The molecule has 34 heavy (non-hydrogen) atoms. The Labute approximate surface area is 201 Å². The lowest BCUT2D eigenvalue weighted by atomic mass is 10.0. The molecule has 1 aromatic heterocycles. The molecule has 2 N–H and O–H groups in total. The van der Waals surface area contributed by atoms with E-state index in [1.165, 1.54) is 17.1 Å². The number of anilines is 1. The van der Waals surface area contributed by atoms with Crippen molar-refractivity contribution in [1.82, 2.24) is 5.32 Å². The minimum atomic E-state index is -0.484. The Kier molecular flexibility index (Phi) is 8.89. The Balaban J connectivity index is 1.80. The standard InChI is InChI=1S/C28H33N3O3/c1-4-12-31(13-5-2)25-9-8-21-14-23(7-6-22(21)15-25)27-11-10-26(34-27)16-24(17-29)28(33)30-18-20(3)19-32/h6-11,14-16,20,32H,4-5,12-13,18-19H2,1-3H3,(H,30,33)/b24-16+. The summed E-state index contributed by atoms with van der Waals surface area (Å²) in [4.78, 5) is 14.7. The number of fused-ring (bicyclic) bond motifs is 1. The molecule has 1 heterocycles. The Bertz CT molecular complexity index is 1180.